The number of alkyl halides is 3. The number of aryl methyl sites for hydroxylation is 1. The first-order valence-corrected chi connectivity index (χ1v) is 16.7. The molecule has 3 N–H and O–H groups in total. The quantitative estimate of drug-likeness (QED) is 0.198. The number of anilines is 4. The molecule has 3 aromatic rings. The van der Waals surface area contributed by atoms with Crippen LogP contribution >= 0.6 is 11.6 Å². The Morgan fingerprint density at radius 2 is 1.76 bits per heavy atom. The summed E-state index contributed by atoms with van der Waals surface area (Å²) in [5, 5.41) is 15.3. The number of benzene rings is 2. The zero-order chi connectivity index (χ0) is 33.1. The molecule has 1 aliphatic rings. The Kier molecular flexibility index (Phi) is 10.9. The first-order chi connectivity index (χ1) is 21.1. The van der Waals surface area contributed by atoms with Gasteiger partial charge in [0.05, 0.1) is 33.8 Å². The van der Waals surface area contributed by atoms with Gasteiger partial charge in [0.25, 0.3) is 0 Å². The second-order valence-electron chi connectivity index (χ2n) is 11.7. The topological polar surface area (TPSA) is 117 Å². The summed E-state index contributed by atoms with van der Waals surface area (Å²) in [6.45, 7) is 9.43. The van der Waals surface area contributed by atoms with Crippen LogP contribution in [-0.4, -0.2) is 71.7 Å². The summed E-state index contributed by atoms with van der Waals surface area (Å²) >= 11 is 6.41. The lowest BCUT2D eigenvalue weighted by Crippen LogP contribution is -2.44. The highest BCUT2D eigenvalue weighted by molar-refractivity contribution is 7.92. The highest BCUT2D eigenvalue weighted by Gasteiger charge is 2.39. The first kappa shape index (κ1) is 34.7. The van der Waals surface area contributed by atoms with Crippen LogP contribution in [0.2, 0.25) is 5.02 Å². The summed E-state index contributed by atoms with van der Waals surface area (Å²) in [5.74, 6) is 1.07. The van der Waals surface area contributed by atoms with Crippen LogP contribution < -0.4 is 15.4 Å². The number of sulfone groups is 1. The van der Waals surface area contributed by atoms with Gasteiger partial charge in [-0.3, -0.25) is 0 Å². The summed E-state index contributed by atoms with van der Waals surface area (Å²) in [6.07, 6.45) is -4.46. The molecule has 2 heterocycles. The van der Waals surface area contributed by atoms with Gasteiger partial charge < -0.3 is 25.4 Å². The van der Waals surface area contributed by atoms with Crippen molar-refractivity contribution in [3.05, 3.63) is 58.7 Å². The number of ether oxygens (including phenoxy) is 1. The van der Waals surface area contributed by atoms with E-state index >= 15 is 0 Å². The maximum atomic E-state index is 12.9. The third-order valence-electron chi connectivity index (χ3n) is 7.63. The van der Waals surface area contributed by atoms with Crippen molar-refractivity contribution >= 4 is 44.6 Å². The molecule has 0 radical (unpaired) electrons. The van der Waals surface area contributed by atoms with Crippen LogP contribution in [0.15, 0.2) is 47.5 Å². The molecule has 1 aliphatic heterocycles. The number of para-hydroxylation sites is 1. The monoisotopic (exact) mass is 669 g/mol. The van der Waals surface area contributed by atoms with Gasteiger partial charge >= 0.3 is 6.18 Å². The molecule has 14 heteroatoms. The van der Waals surface area contributed by atoms with Crippen molar-refractivity contribution in [2.45, 2.75) is 81.9 Å². The van der Waals surface area contributed by atoms with Gasteiger partial charge in [-0.15, -0.1) is 0 Å². The fourth-order valence-electron chi connectivity index (χ4n) is 5.20. The number of likely N-dealkylation sites (tertiary alicyclic amines) is 1. The minimum Gasteiger partial charge on any atom is -0.489 e. The molecule has 0 saturated carbocycles. The molecular weight excluding hydrogens is 631 g/mol. The van der Waals surface area contributed by atoms with Crippen LogP contribution in [-0.2, 0) is 9.84 Å². The first-order valence-electron chi connectivity index (χ1n) is 14.7. The number of hydrogen-bond donors (Lipinski definition) is 3. The molecule has 246 valence electrons. The van der Waals surface area contributed by atoms with Crippen molar-refractivity contribution in [3.8, 4) is 5.75 Å². The molecule has 1 saturated heterocycles. The van der Waals surface area contributed by atoms with Gasteiger partial charge in [-0.1, -0.05) is 23.7 Å². The molecule has 45 heavy (non-hydrogen) atoms. The van der Waals surface area contributed by atoms with Crippen LogP contribution in [0, 0.1) is 6.92 Å². The molecule has 4 rings (SSSR count). The molecule has 9 nitrogen and oxygen atoms in total. The van der Waals surface area contributed by atoms with Crippen molar-refractivity contribution in [1.29, 1.82) is 0 Å². The predicted octanol–water partition coefficient (Wildman–Crippen LogP) is 7.00. The fourth-order valence-corrected chi connectivity index (χ4v) is 6.54. The minimum atomic E-state index is -4.64. The number of halogens is 4. The SMILES string of the molecule is Cc1cc(Nc2ncc(Cl)c(Nc3ccccc3S(=O)(=O)C(C)C)n2)c(OC(C)C)cc1C1CCN(C[C@H](O)C(F)(F)F)CC1. The van der Waals surface area contributed by atoms with Gasteiger partial charge in [0.1, 0.15) is 10.8 Å². The van der Waals surface area contributed by atoms with E-state index in [-0.39, 0.29) is 33.7 Å². The van der Waals surface area contributed by atoms with E-state index in [0.717, 1.165) is 11.1 Å². The lowest BCUT2D eigenvalue weighted by atomic mass is 9.86. The number of aromatic nitrogens is 2. The van der Waals surface area contributed by atoms with Crippen molar-refractivity contribution < 1.29 is 31.4 Å². The van der Waals surface area contributed by atoms with E-state index in [0.29, 0.717) is 43.1 Å². The second kappa shape index (κ2) is 14.1. The molecule has 0 spiro atoms. The highest BCUT2D eigenvalue weighted by atomic mass is 35.5. The minimum absolute atomic E-state index is 0.109. The van der Waals surface area contributed by atoms with Crippen molar-refractivity contribution in [1.82, 2.24) is 14.9 Å². The average Bonchev–Trinajstić information content (AvgIpc) is 2.96. The van der Waals surface area contributed by atoms with E-state index in [4.69, 9.17) is 16.3 Å². The molecule has 2 aromatic carbocycles. The summed E-state index contributed by atoms with van der Waals surface area (Å²) in [5.41, 5.74) is 2.93. The fraction of sp³-hybridized carbons (Fsp3) is 0.484. The van der Waals surface area contributed by atoms with Gasteiger partial charge in [-0.25, -0.2) is 13.4 Å². The van der Waals surface area contributed by atoms with Crippen molar-refractivity contribution in [2.75, 3.05) is 30.3 Å². The average molecular weight is 670 g/mol. The van der Waals surface area contributed by atoms with Gasteiger partial charge in [0.15, 0.2) is 21.8 Å². The lowest BCUT2D eigenvalue weighted by Gasteiger charge is -2.34. The molecule has 0 bridgehead atoms. The van der Waals surface area contributed by atoms with Crippen LogP contribution in [0.1, 0.15) is 57.6 Å². The summed E-state index contributed by atoms with van der Waals surface area (Å²) < 4.78 is 70.5. The Morgan fingerprint density at radius 3 is 2.38 bits per heavy atom. The van der Waals surface area contributed by atoms with Gasteiger partial charge in [-0.2, -0.15) is 18.2 Å². The number of aliphatic hydroxyl groups excluding tert-OH is 1. The summed E-state index contributed by atoms with van der Waals surface area (Å²) in [7, 11) is -3.59. The standard InChI is InChI=1S/C31H39ClF3N5O4S/c1-18(2)44-26-15-22(21-10-12-40(13-11-21)17-28(41)31(33,34)35)20(5)14-25(26)38-30-36-16-23(32)29(39-30)37-24-8-6-7-9-27(24)45(42,43)19(3)4/h6-9,14-16,18-19,21,28,41H,10-13,17H2,1-5H3,(H2,36,37,38,39)/t28-/m0/s1. The number of nitrogens with one attached hydrogen (secondary N) is 2. The van der Waals surface area contributed by atoms with Crippen molar-refractivity contribution in [3.63, 3.8) is 0 Å². The number of rotatable bonds is 11. The van der Waals surface area contributed by atoms with Crippen LogP contribution in [0.3, 0.4) is 0 Å². The van der Waals surface area contributed by atoms with E-state index < -0.39 is 33.9 Å². The Balaban J connectivity index is 1.57. The second-order valence-corrected chi connectivity index (χ2v) is 14.6. The summed E-state index contributed by atoms with van der Waals surface area (Å²) in [6, 6.07) is 10.4. The number of nitrogens with zero attached hydrogens (tertiary/aromatic N) is 3. The molecular formula is C31H39ClF3N5O4S. The lowest BCUT2D eigenvalue weighted by molar-refractivity contribution is -0.208. The van der Waals surface area contributed by atoms with Crippen LogP contribution in [0.5, 0.6) is 5.75 Å². The van der Waals surface area contributed by atoms with E-state index in [9.17, 15) is 26.7 Å². The molecule has 1 atom stereocenters. The normalized spacial score (nSPS) is 15.8. The molecule has 0 unspecified atom stereocenters. The zero-order valence-corrected chi connectivity index (χ0v) is 27.4. The number of aliphatic hydroxyl groups is 1. The van der Waals surface area contributed by atoms with Gasteiger partial charge in [-0.05, 0) is 102 Å². The Labute approximate surface area is 267 Å². The third-order valence-corrected chi connectivity index (χ3v) is 10.1. The molecule has 1 aromatic heterocycles. The molecule has 0 aliphatic carbocycles. The maximum Gasteiger partial charge on any atom is 0.415 e. The number of β-amino-alcohol motifs (C(OH)–C–C–N with tert-alkyl or cyclic N) is 1. The largest absolute Gasteiger partial charge is 0.489 e. The molecule has 0 amide bonds. The molecule has 1 fully saturated rings. The van der Waals surface area contributed by atoms with E-state index in [1.165, 1.54) is 12.3 Å². The van der Waals surface area contributed by atoms with Gasteiger partial charge in [0, 0.05) is 6.54 Å². The third kappa shape index (κ3) is 8.57. The smallest absolute Gasteiger partial charge is 0.415 e. The predicted molar refractivity (Wildman–Crippen MR) is 170 cm³/mol. The summed E-state index contributed by atoms with van der Waals surface area (Å²) in [4.78, 5) is 10.6. The van der Waals surface area contributed by atoms with E-state index in [1.54, 1.807) is 36.9 Å². The van der Waals surface area contributed by atoms with E-state index in [1.807, 2.05) is 32.9 Å². The Morgan fingerprint density at radius 1 is 1.09 bits per heavy atom. The van der Waals surface area contributed by atoms with Crippen LogP contribution in [0.25, 0.3) is 0 Å². The van der Waals surface area contributed by atoms with E-state index in [2.05, 4.69) is 20.6 Å². The Hall–Kier alpha value is -3.13. The zero-order valence-electron chi connectivity index (χ0n) is 25.8. The van der Waals surface area contributed by atoms with Crippen molar-refractivity contribution in [2.24, 2.45) is 0 Å². The Bertz CT molecular complexity index is 1600. The number of piperidine rings is 1. The highest BCUT2D eigenvalue weighted by Crippen LogP contribution is 2.39. The maximum absolute atomic E-state index is 12.9. The van der Waals surface area contributed by atoms with Crippen LogP contribution in [0.4, 0.5) is 36.3 Å². The number of hydrogen-bond acceptors (Lipinski definition) is 9. The van der Waals surface area contributed by atoms with Gasteiger partial charge in [0.2, 0.25) is 5.95 Å².